The molecule has 2 rings (SSSR count). The zero-order valence-corrected chi connectivity index (χ0v) is 7.84. The Labute approximate surface area is 83.1 Å². The number of ketones is 1. The van der Waals surface area contributed by atoms with Gasteiger partial charge in [0.1, 0.15) is 0 Å². The van der Waals surface area contributed by atoms with Crippen LogP contribution in [-0.4, -0.2) is 12.3 Å². The Bertz CT molecular complexity index is 437. The van der Waals surface area contributed by atoms with E-state index in [9.17, 15) is 4.79 Å². The topological polar surface area (TPSA) is 43.1 Å². The summed E-state index contributed by atoms with van der Waals surface area (Å²) in [5, 5.41) is 0. The van der Waals surface area contributed by atoms with E-state index in [4.69, 9.17) is 5.73 Å². The number of carbonyl (C=O) groups excluding carboxylic acids is 1. The number of Topliss-reactive ketones (excluding diaryl/α,β-unsaturated/α-hetero) is 1. The van der Waals surface area contributed by atoms with Crippen molar-refractivity contribution in [1.82, 2.24) is 0 Å². The van der Waals surface area contributed by atoms with Gasteiger partial charge in [-0.3, -0.25) is 4.79 Å². The molecule has 0 atom stereocenters. The highest BCUT2D eigenvalue weighted by Crippen LogP contribution is 2.24. The normalized spacial score (nSPS) is 13.4. The molecular formula is C12H11NO. The van der Waals surface area contributed by atoms with Gasteiger partial charge in [0.2, 0.25) is 0 Å². The maximum absolute atomic E-state index is 11.4. The lowest BCUT2D eigenvalue weighted by Gasteiger charge is -1.99. The van der Waals surface area contributed by atoms with Crippen molar-refractivity contribution >= 4 is 5.78 Å². The first-order chi connectivity index (χ1) is 6.83. The zero-order chi connectivity index (χ0) is 9.97. The van der Waals surface area contributed by atoms with Gasteiger partial charge in [0.15, 0.2) is 5.78 Å². The molecular weight excluding hydrogens is 174 g/mol. The molecule has 1 aliphatic rings. The van der Waals surface area contributed by atoms with Crippen molar-refractivity contribution in [1.29, 1.82) is 0 Å². The summed E-state index contributed by atoms with van der Waals surface area (Å²) in [6.45, 7) is 0.359. The van der Waals surface area contributed by atoms with Crippen molar-refractivity contribution in [3.05, 3.63) is 34.9 Å². The fourth-order valence-electron chi connectivity index (χ4n) is 1.75. The van der Waals surface area contributed by atoms with Crippen molar-refractivity contribution in [2.75, 3.05) is 6.54 Å². The molecule has 0 saturated carbocycles. The second-order valence-electron chi connectivity index (χ2n) is 3.26. The molecule has 0 radical (unpaired) electrons. The number of fused-ring (bicyclic) bond motifs is 1. The Morgan fingerprint density at radius 3 is 3.00 bits per heavy atom. The molecule has 2 nitrogen and oxygen atoms in total. The average molecular weight is 185 g/mol. The fraction of sp³-hybridized carbons (Fsp3) is 0.250. The van der Waals surface area contributed by atoms with Crippen molar-refractivity contribution in [2.24, 2.45) is 5.73 Å². The summed E-state index contributed by atoms with van der Waals surface area (Å²) in [7, 11) is 0. The minimum absolute atomic E-state index is 0.233. The van der Waals surface area contributed by atoms with Crippen LogP contribution in [0.5, 0.6) is 0 Å². The molecule has 14 heavy (non-hydrogen) atoms. The molecule has 2 heteroatoms. The smallest absolute Gasteiger partial charge is 0.163 e. The van der Waals surface area contributed by atoms with Crippen molar-refractivity contribution in [3.63, 3.8) is 0 Å². The summed E-state index contributed by atoms with van der Waals surface area (Å²) in [5.74, 6) is 6.05. The van der Waals surface area contributed by atoms with Crippen molar-refractivity contribution in [3.8, 4) is 11.8 Å². The number of nitrogens with two attached hydrogens (primary N) is 1. The molecule has 2 N–H and O–H groups in total. The SMILES string of the molecule is NCC#Cc1cccc2c1CCC2=O. The van der Waals surface area contributed by atoms with Gasteiger partial charge in [0, 0.05) is 17.5 Å². The summed E-state index contributed by atoms with van der Waals surface area (Å²) in [4.78, 5) is 11.4. The van der Waals surface area contributed by atoms with Crippen LogP contribution in [0.15, 0.2) is 18.2 Å². The Balaban J connectivity index is 2.49. The van der Waals surface area contributed by atoms with Crippen molar-refractivity contribution in [2.45, 2.75) is 12.8 Å². The van der Waals surface area contributed by atoms with Gasteiger partial charge >= 0.3 is 0 Å². The molecule has 0 aliphatic heterocycles. The molecule has 0 spiro atoms. The van der Waals surface area contributed by atoms with E-state index < -0.39 is 0 Å². The van der Waals surface area contributed by atoms with E-state index in [0.717, 1.165) is 23.1 Å². The van der Waals surface area contributed by atoms with Gasteiger partial charge in [-0.15, -0.1) is 0 Å². The van der Waals surface area contributed by atoms with Gasteiger partial charge in [-0.05, 0) is 18.1 Å². The summed E-state index contributed by atoms with van der Waals surface area (Å²) in [5.41, 5.74) is 8.20. The van der Waals surface area contributed by atoms with E-state index in [0.29, 0.717) is 13.0 Å². The fourth-order valence-corrected chi connectivity index (χ4v) is 1.75. The van der Waals surface area contributed by atoms with E-state index in [1.165, 1.54) is 0 Å². The van der Waals surface area contributed by atoms with E-state index >= 15 is 0 Å². The lowest BCUT2D eigenvalue weighted by Crippen LogP contribution is -1.95. The summed E-state index contributed by atoms with van der Waals surface area (Å²) < 4.78 is 0. The number of hydrogen-bond donors (Lipinski definition) is 1. The lowest BCUT2D eigenvalue weighted by atomic mass is 10.0. The first kappa shape index (κ1) is 8.98. The summed E-state index contributed by atoms with van der Waals surface area (Å²) >= 11 is 0. The zero-order valence-electron chi connectivity index (χ0n) is 7.84. The van der Waals surface area contributed by atoms with E-state index in [-0.39, 0.29) is 5.78 Å². The van der Waals surface area contributed by atoms with Crippen LogP contribution in [-0.2, 0) is 6.42 Å². The Morgan fingerprint density at radius 1 is 1.36 bits per heavy atom. The third kappa shape index (κ3) is 1.43. The third-order valence-corrected chi connectivity index (χ3v) is 2.40. The molecule has 0 aromatic heterocycles. The molecule has 0 bridgehead atoms. The monoisotopic (exact) mass is 185 g/mol. The molecule has 1 aliphatic carbocycles. The van der Waals surface area contributed by atoms with Gasteiger partial charge in [-0.2, -0.15) is 0 Å². The van der Waals surface area contributed by atoms with Gasteiger partial charge in [0.05, 0.1) is 6.54 Å². The molecule has 0 fully saturated rings. The minimum atomic E-state index is 0.233. The first-order valence-electron chi connectivity index (χ1n) is 4.67. The predicted octanol–water partition coefficient (Wildman–Crippen LogP) is 1.13. The van der Waals surface area contributed by atoms with E-state index in [1.807, 2.05) is 18.2 Å². The highest BCUT2D eigenvalue weighted by molar-refractivity contribution is 6.01. The molecule has 1 aromatic carbocycles. The summed E-state index contributed by atoms with van der Waals surface area (Å²) in [6.07, 6.45) is 1.44. The van der Waals surface area contributed by atoms with Crippen LogP contribution in [0.3, 0.4) is 0 Å². The molecule has 1 aromatic rings. The maximum Gasteiger partial charge on any atom is 0.163 e. The van der Waals surface area contributed by atoms with Crippen molar-refractivity contribution < 1.29 is 4.79 Å². The number of benzene rings is 1. The number of hydrogen-bond acceptors (Lipinski definition) is 2. The van der Waals surface area contributed by atoms with Gasteiger partial charge in [0.25, 0.3) is 0 Å². The standard InChI is InChI=1S/C12H11NO/c13-8-2-4-9-3-1-5-11-10(9)6-7-12(11)14/h1,3,5H,6-8,13H2. The summed E-state index contributed by atoms with van der Waals surface area (Å²) in [6, 6.07) is 5.70. The molecule has 70 valence electrons. The van der Waals surface area contributed by atoms with Crippen LogP contribution in [0.4, 0.5) is 0 Å². The predicted molar refractivity (Wildman–Crippen MR) is 55.0 cm³/mol. The molecule has 0 amide bonds. The van der Waals surface area contributed by atoms with E-state index in [2.05, 4.69) is 11.8 Å². The highest BCUT2D eigenvalue weighted by atomic mass is 16.1. The quantitative estimate of drug-likeness (QED) is 0.615. The van der Waals surface area contributed by atoms with Crippen LogP contribution in [0.2, 0.25) is 0 Å². The third-order valence-electron chi connectivity index (χ3n) is 2.40. The first-order valence-corrected chi connectivity index (χ1v) is 4.67. The van der Waals surface area contributed by atoms with Crippen LogP contribution in [0.1, 0.15) is 27.9 Å². The Hall–Kier alpha value is -1.59. The average Bonchev–Trinajstić information content (AvgIpc) is 2.58. The number of carbonyl (C=O) groups is 1. The maximum atomic E-state index is 11.4. The van der Waals surface area contributed by atoms with Crippen LogP contribution in [0, 0.1) is 11.8 Å². The van der Waals surface area contributed by atoms with Gasteiger partial charge in [-0.1, -0.05) is 24.0 Å². The van der Waals surface area contributed by atoms with Crippen LogP contribution in [0.25, 0.3) is 0 Å². The molecule has 0 unspecified atom stereocenters. The largest absolute Gasteiger partial charge is 0.320 e. The minimum Gasteiger partial charge on any atom is -0.320 e. The lowest BCUT2D eigenvalue weighted by molar-refractivity contribution is 0.0994. The van der Waals surface area contributed by atoms with Crippen LogP contribution < -0.4 is 5.73 Å². The Kier molecular flexibility index (Phi) is 2.34. The molecule has 0 saturated heterocycles. The van der Waals surface area contributed by atoms with E-state index in [1.54, 1.807) is 0 Å². The second kappa shape index (κ2) is 3.65. The highest BCUT2D eigenvalue weighted by Gasteiger charge is 2.20. The number of rotatable bonds is 0. The van der Waals surface area contributed by atoms with Gasteiger partial charge < -0.3 is 5.73 Å². The Morgan fingerprint density at radius 2 is 2.21 bits per heavy atom. The van der Waals surface area contributed by atoms with Crippen LogP contribution >= 0.6 is 0 Å². The van der Waals surface area contributed by atoms with Gasteiger partial charge in [-0.25, -0.2) is 0 Å². The second-order valence-corrected chi connectivity index (χ2v) is 3.26. The molecule has 0 heterocycles.